The van der Waals surface area contributed by atoms with Gasteiger partial charge in [0.05, 0.1) is 12.1 Å². The third-order valence-electron chi connectivity index (χ3n) is 1.76. The topological polar surface area (TPSA) is 85.0 Å². The molecule has 0 spiro atoms. The molecule has 72 valence electrons. The van der Waals surface area contributed by atoms with E-state index in [4.69, 9.17) is 10.5 Å². The number of sulfonamides is 1. The number of nitrogens with zero attached hydrogens (tertiary/aromatic N) is 3. The molecule has 13 heavy (non-hydrogen) atoms. The SMILES string of the molecule is CC(C#N)N(C)S(=O)(=O)C(C)C#N. The molecule has 6 heteroatoms. The largest absolute Gasteiger partial charge is 0.231 e. The summed E-state index contributed by atoms with van der Waals surface area (Å²) in [7, 11) is -2.36. The van der Waals surface area contributed by atoms with Gasteiger partial charge in [-0.1, -0.05) is 0 Å². The maximum absolute atomic E-state index is 11.4. The first-order valence-corrected chi connectivity index (χ1v) is 5.14. The van der Waals surface area contributed by atoms with Gasteiger partial charge in [0, 0.05) is 7.05 Å². The quantitative estimate of drug-likeness (QED) is 0.646. The molecule has 0 fully saturated rings. The lowest BCUT2D eigenvalue weighted by molar-refractivity contribution is 0.439. The lowest BCUT2D eigenvalue weighted by atomic mass is 10.4. The predicted molar refractivity (Wildman–Crippen MR) is 46.8 cm³/mol. The highest BCUT2D eigenvalue weighted by Gasteiger charge is 2.28. The van der Waals surface area contributed by atoms with Crippen LogP contribution in [0.4, 0.5) is 0 Å². The Morgan fingerprint density at radius 2 is 1.69 bits per heavy atom. The average Bonchev–Trinajstić information content (AvgIpc) is 2.13. The zero-order valence-corrected chi connectivity index (χ0v) is 8.54. The molecule has 0 bridgehead atoms. The van der Waals surface area contributed by atoms with E-state index in [0.29, 0.717) is 0 Å². The molecule has 2 atom stereocenters. The molecule has 0 amide bonds. The van der Waals surface area contributed by atoms with Gasteiger partial charge in [-0.05, 0) is 13.8 Å². The fourth-order valence-corrected chi connectivity index (χ4v) is 1.74. The second kappa shape index (κ2) is 4.22. The first-order chi connectivity index (χ1) is 5.87. The Morgan fingerprint density at radius 1 is 1.23 bits per heavy atom. The Labute approximate surface area is 78.2 Å². The summed E-state index contributed by atoms with van der Waals surface area (Å²) in [5, 5.41) is 15.8. The van der Waals surface area contributed by atoms with Gasteiger partial charge in [0.25, 0.3) is 0 Å². The normalized spacial score (nSPS) is 15.8. The number of nitriles is 2. The van der Waals surface area contributed by atoms with E-state index in [1.165, 1.54) is 20.9 Å². The van der Waals surface area contributed by atoms with Crippen LogP contribution in [-0.2, 0) is 10.0 Å². The van der Waals surface area contributed by atoms with Crippen molar-refractivity contribution in [3.05, 3.63) is 0 Å². The summed E-state index contributed by atoms with van der Waals surface area (Å²) in [6, 6.07) is 2.66. The van der Waals surface area contributed by atoms with Crippen molar-refractivity contribution in [1.82, 2.24) is 4.31 Å². The van der Waals surface area contributed by atoms with Crippen molar-refractivity contribution in [3.63, 3.8) is 0 Å². The van der Waals surface area contributed by atoms with Crippen LogP contribution >= 0.6 is 0 Å². The second-order valence-corrected chi connectivity index (χ2v) is 4.95. The van der Waals surface area contributed by atoms with Crippen molar-refractivity contribution < 1.29 is 8.42 Å². The Bertz CT molecular complexity index is 349. The fraction of sp³-hybridized carbons (Fsp3) is 0.714. The van der Waals surface area contributed by atoms with Crippen LogP contribution in [0.15, 0.2) is 0 Å². The van der Waals surface area contributed by atoms with Gasteiger partial charge in [0.15, 0.2) is 5.25 Å². The maximum atomic E-state index is 11.4. The number of rotatable bonds is 3. The van der Waals surface area contributed by atoms with E-state index in [1.54, 1.807) is 12.1 Å². The van der Waals surface area contributed by atoms with Crippen LogP contribution in [-0.4, -0.2) is 31.1 Å². The Kier molecular flexibility index (Phi) is 3.86. The lowest BCUT2D eigenvalue weighted by Gasteiger charge is -2.19. The zero-order valence-electron chi connectivity index (χ0n) is 7.72. The first-order valence-electron chi connectivity index (χ1n) is 3.64. The van der Waals surface area contributed by atoms with Crippen LogP contribution in [0.3, 0.4) is 0 Å². The Balaban J connectivity index is 4.91. The molecular formula is C7H11N3O2S. The van der Waals surface area contributed by atoms with E-state index in [1.807, 2.05) is 0 Å². The number of hydrogen-bond acceptors (Lipinski definition) is 4. The molecule has 2 unspecified atom stereocenters. The fourth-order valence-electron chi connectivity index (χ4n) is 0.618. The van der Waals surface area contributed by atoms with Gasteiger partial charge >= 0.3 is 0 Å². The molecule has 0 N–H and O–H groups in total. The van der Waals surface area contributed by atoms with Crippen LogP contribution in [0.25, 0.3) is 0 Å². The van der Waals surface area contributed by atoms with Crippen molar-refractivity contribution >= 4 is 10.0 Å². The smallest absolute Gasteiger partial charge is 0.211 e. The van der Waals surface area contributed by atoms with Crippen molar-refractivity contribution in [1.29, 1.82) is 10.5 Å². The molecule has 0 saturated heterocycles. The van der Waals surface area contributed by atoms with Gasteiger partial charge in [-0.25, -0.2) is 8.42 Å². The summed E-state index contributed by atoms with van der Waals surface area (Å²) in [4.78, 5) is 0. The van der Waals surface area contributed by atoms with Gasteiger partial charge in [-0.2, -0.15) is 14.8 Å². The summed E-state index contributed by atoms with van der Waals surface area (Å²) >= 11 is 0. The molecule has 0 radical (unpaired) electrons. The van der Waals surface area contributed by atoms with Crippen molar-refractivity contribution in [2.45, 2.75) is 25.1 Å². The molecule has 0 aliphatic heterocycles. The highest BCUT2D eigenvalue weighted by Crippen LogP contribution is 2.09. The highest BCUT2D eigenvalue weighted by molar-refractivity contribution is 7.89. The molecule has 0 saturated carbocycles. The van der Waals surface area contributed by atoms with Crippen LogP contribution in [0.2, 0.25) is 0 Å². The third kappa shape index (κ3) is 2.41. The molecule has 0 aliphatic carbocycles. The van der Waals surface area contributed by atoms with Crippen molar-refractivity contribution in [2.75, 3.05) is 7.05 Å². The van der Waals surface area contributed by atoms with Gasteiger partial charge in [-0.3, -0.25) is 0 Å². The van der Waals surface area contributed by atoms with Crippen LogP contribution in [0.1, 0.15) is 13.8 Å². The Hall–Kier alpha value is -1.11. The summed E-state index contributed by atoms with van der Waals surface area (Å²) in [5.74, 6) is 0. The van der Waals surface area contributed by atoms with Crippen LogP contribution < -0.4 is 0 Å². The predicted octanol–water partition coefficient (Wildman–Crippen LogP) is 0.0722. The van der Waals surface area contributed by atoms with Gasteiger partial charge in [0.1, 0.15) is 6.04 Å². The van der Waals surface area contributed by atoms with E-state index in [2.05, 4.69) is 0 Å². The number of hydrogen-bond donors (Lipinski definition) is 0. The van der Waals surface area contributed by atoms with Gasteiger partial charge in [0.2, 0.25) is 10.0 Å². The molecule has 0 aliphatic rings. The monoisotopic (exact) mass is 201 g/mol. The van der Waals surface area contributed by atoms with Crippen LogP contribution in [0.5, 0.6) is 0 Å². The van der Waals surface area contributed by atoms with Gasteiger partial charge in [-0.15, -0.1) is 0 Å². The van der Waals surface area contributed by atoms with Crippen molar-refractivity contribution in [3.8, 4) is 12.1 Å². The zero-order chi connectivity index (χ0) is 10.6. The van der Waals surface area contributed by atoms with E-state index in [-0.39, 0.29) is 0 Å². The first kappa shape index (κ1) is 11.9. The standard InChI is InChI=1S/C7H11N3O2S/c1-6(4-8)10(3)13(11,12)7(2)5-9/h6-7H,1-3H3. The van der Waals surface area contributed by atoms with Gasteiger partial charge < -0.3 is 0 Å². The molecule has 5 nitrogen and oxygen atoms in total. The summed E-state index contributed by atoms with van der Waals surface area (Å²) < 4.78 is 23.7. The molecule has 0 rings (SSSR count). The van der Waals surface area contributed by atoms with Crippen LogP contribution in [0, 0.1) is 22.7 Å². The van der Waals surface area contributed by atoms with E-state index < -0.39 is 21.3 Å². The van der Waals surface area contributed by atoms with Crippen molar-refractivity contribution in [2.24, 2.45) is 0 Å². The Morgan fingerprint density at radius 3 is 2.00 bits per heavy atom. The van der Waals surface area contributed by atoms with E-state index in [0.717, 1.165) is 4.31 Å². The molecule has 0 aromatic heterocycles. The highest BCUT2D eigenvalue weighted by atomic mass is 32.2. The molecular weight excluding hydrogens is 190 g/mol. The third-order valence-corrected chi connectivity index (χ3v) is 3.88. The maximum Gasteiger partial charge on any atom is 0.231 e. The molecule has 0 aromatic carbocycles. The average molecular weight is 201 g/mol. The molecule has 0 heterocycles. The lowest BCUT2D eigenvalue weighted by Crippen LogP contribution is -2.39. The minimum atomic E-state index is -3.65. The summed E-state index contributed by atoms with van der Waals surface area (Å²) in [6.07, 6.45) is 0. The minimum Gasteiger partial charge on any atom is -0.211 e. The van der Waals surface area contributed by atoms with E-state index in [9.17, 15) is 8.42 Å². The second-order valence-electron chi connectivity index (χ2n) is 2.64. The van der Waals surface area contributed by atoms with E-state index >= 15 is 0 Å². The summed E-state index contributed by atoms with van der Waals surface area (Å²) in [5.41, 5.74) is 0. The molecule has 0 aromatic rings. The minimum absolute atomic E-state index is 0.749. The summed E-state index contributed by atoms with van der Waals surface area (Å²) in [6.45, 7) is 2.75.